The molecule has 0 unspecified atom stereocenters. The number of para-hydroxylation sites is 1. The van der Waals surface area contributed by atoms with E-state index >= 15 is 0 Å². The summed E-state index contributed by atoms with van der Waals surface area (Å²) in [7, 11) is 2.13. The van der Waals surface area contributed by atoms with Crippen molar-refractivity contribution < 1.29 is 13.9 Å². The van der Waals surface area contributed by atoms with Gasteiger partial charge in [-0.2, -0.15) is 0 Å². The summed E-state index contributed by atoms with van der Waals surface area (Å²) in [5.41, 5.74) is 1.75. The van der Waals surface area contributed by atoms with Gasteiger partial charge in [-0.1, -0.05) is 18.2 Å². The van der Waals surface area contributed by atoms with E-state index in [9.17, 15) is 4.79 Å². The van der Waals surface area contributed by atoms with Crippen molar-refractivity contribution >= 4 is 11.6 Å². The fraction of sp³-hybridized carbons (Fsp3) is 0.500. The molecular weight excluding hydrogens is 330 g/mol. The summed E-state index contributed by atoms with van der Waals surface area (Å²) in [6.07, 6.45) is 4.07. The maximum atomic E-state index is 12.6. The minimum atomic E-state index is -0.110. The number of likely N-dealkylation sites (tertiary alicyclic amines) is 1. The van der Waals surface area contributed by atoms with Crippen molar-refractivity contribution in [2.24, 2.45) is 0 Å². The maximum absolute atomic E-state index is 12.6. The van der Waals surface area contributed by atoms with Crippen LogP contribution in [0.15, 0.2) is 41.1 Å². The Morgan fingerprint density at radius 1 is 1.27 bits per heavy atom. The molecule has 4 rings (SSSR count). The molecule has 1 aromatic heterocycles. The molecule has 2 fully saturated rings. The number of hydrogen-bond acceptors (Lipinski definition) is 5. The molecule has 2 saturated heterocycles. The monoisotopic (exact) mass is 355 g/mol. The van der Waals surface area contributed by atoms with Gasteiger partial charge in [-0.15, -0.1) is 0 Å². The number of carbonyl (C=O) groups is 1. The molecule has 1 amide bonds. The zero-order valence-corrected chi connectivity index (χ0v) is 15.4. The minimum Gasteiger partial charge on any atom is -0.438 e. The number of benzene rings is 1. The Morgan fingerprint density at radius 2 is 2.00 bits per heavy atom. The van der Waals surface area contributed by atoms with E-state index in [0.717, 1.165) is 25.9 Å². The second kappa shape index (κ2) is 6.76. The van der Waals surface area contributed by atoms with Gasteiger partial charge >= 0.3 is 0 Å². The van der Waals surface area contributed by atoms with E-state index in [1.165, 1.54) is 12.1 Å². The predicted molar refractivity (Wildman–Crippen MR) is 98.3 cm³/mol. The lowest BCUT2D eigenvalue weighted by molar-refractivity contribution is -0.0392. The third-order valence-electron chi connectivity index (χ3n) is 5.80. The first-order chi connectivity index (χ1) is 12.6. The molecule has 26 heavy (non-hydrogen) atoms. The van der Waals surface area contributed by atoms with Crippen LogP contribution < -0.4 is 4.90 Å². The summed E-state index contributed by atoms with van der Waals surface area (Å²) < 4.78 is 11.5. The quantitative estimate of drug-likeness (QED) is 0.847. The summed E-state index contributed by atoms with van der Waals surface area (Å²) >= 11 is 0. The lowest BCUT2D eigenvalue weighted by Gasteiger charge is -2.38. The summed E-state index contributed by atoms with van der Waals surface area (Å²) in [6.45, 7) is 3.92. The Morgan fingerprint density at radius 3 is 2.65 bits per heavy atom. The molecule has 0 N–H and O–H groups in total. The number of piperidine rings is 1. The van der Waals surface area contributed by atoms with E-state index < -0.39 is 0 Å². The molecule has 0 aliphatic carbocycles. The van der Waals surface area contributed by atoms with Crippen LogP contribution in [-0.4, -0.2) is 54.2 Å². The van der Waals surface area contributed by atoms with Gasteiger partial charge in [0.2, 0.25) is 5.76 Å². The van der Waals surface area contributed by atoms with E-state index in [2.05, 4.69) is 41.2 Å². The predicted octanol–water partition coefficient (Wildman–Crippen LogP) is 2.88. The third-order valence-corrected chi connectivity index (χ3v) is 5.80. The molecule has 0 bridgehead atoms. The number of nitrogens with zero attached hydrogens (tertiary/aromatic N) is 3. The van der Waals surface area contributed by atoms with Gasteiger partial charge in [0.1, 0.15) is 0 Å². The average molecular weight is 355 g/mol. The van der Waals surface area contributed by atoms with E-state index in [-0.39, 0.29) is 11.5 Å². The molecule has 0 saturated carbocycles. The molecule has 1 aromatic carbocycles. The Bertz CT molecular complexity index is 766. The molecule has 138 valence electrons. The average Bonchev–Trinajstić information content (AvgIpc) is 3.29. The van der Waals surface area contributed by atoms with Crippen LogP contribution in [-0.2, 0) is 4.74 Å². The number of oxazole rings is 1. The second-order valence-electron chi connectivity index (χ2n) is 7.36. The SMILES string of the molecule is Cc1ncoc1C(=O)N1CCC2(CC1)C[C@H](N(C)c1ccccc1)CO2. The molecule has 2 aliphatic rings. The zero-order chi connectivity index (χ0) is 18.1. The Balaban J connectivity index is 1.37. The Labute approximate surface area is 153 Å². The first-order valence-corrected chi connectivity index (χ1v) is 9.19. The van der Waals surface area contributed by atoms with Gasteiger partial charge in [-0.25, -0.2) is 4.98 Å². The van der Waals surface area contributed by atoms with Gasteiger partial charge in [-0.3, -0.25) is 4.79 Å². The van der Waals surface area contributed by atoms with E-state index in [1.807, 2.05) is 11.0 Å². The first-order valence-electron chi connectivity index (χ1n) is 9.19. The number of hydrogen-bond donors (Lipinski definition) is 0. The van der Waals surface area contributed by atoms with Crippen molar-refractivity contribution in [3.8, 4) is 0 Å². The highest BCUT2D eigenvalue weighted by Crippen LogP contribution is 2.38. The van der Waals surface area contributed by atoms with Crippen molar-refractivity contribution in [3.05, 3.63) is 48.2 Å². The van der Waals surface area contributed by atoms with Crippen LogP contribution in [0.2, 0.25) is 0 Å². The summed E-state index contributed by atoms with van der Waals surface area (Å²) in [5.74, 6) is 0.292. The molecule has 1 atom stereocenters. The highest BCUT2D eigenvalue weighted by molar-refractivity contribution is 5.92. The standard InChI is InChI=1S/C20H25N3O3/c1-15-18(25-14-21-15)19(24)23-10-8-20(9-11-23)12-17(13-26-20)22(2)16-6-4-3-5-7-16/h3-7,14,17H,8-13H2,1-2H3/t17-/m0/s1. The topological polar surface area (TPSA) is 58.8 Å². The van der Waals surface area contributed by atoms with Crippen molar-refractivity contribution in [2.75, 3.05) is 31.6 Å². The van der Waals surface area contributed by atoms with Gasteiger partial charge in [0, 0.05) is 25.8 Å². The molecule has 2 aromatic rings. The van der Waals surface area contributed by atoms with Crippen LogP contribution >= 0.6 is 0 Å². The highest BCUT2D eigenvalue weighted by Gasteiger charge is 2.45. The van der Waals surface area contributed by atoms with Crippen LogP contribution in [0.25, 0.3) is 0 Å². The number of ether oxygens (including phenoxy) is 1. The van der Waals surface area contributed by atoms with Crippen molar-refractivity contribution in [1.29, 1.82) is 0 Å². The molecule has 6 heteroatoms. The molecule has 6 nitrogen and oxygen atoms in total. The van der Waals surface area contributed by atoms with Crippen LogP contribution in [0.1, 0.15) is 35.5 Å². The number of amides is 1. The zero-order valence-electron chi connectivity index (χ0n) is 15.4. The van der Waals surface area contributed by atoms with Gasteiger partial charge in [0.05, 0.1) is 23.9 Å². The molecule has 3 heterocycles. The van der Waals surface area contributed by atoms with Crippen LogP contribution in [0.5, 0.6) is 0 Å². The summed E-state index contributed by atoms with van der Waals surface area (Å²) in [4.78, 5) is 20.8. The summed E-state index contributed by atoms with van der Waals surface area (Å²) in [6, 6.07) is 10.8. The van der Waals surface area contributed by atoms with Gasteiger partial charge in [0.25, 0.3) is 5.91 Å². The number of aromatic nitrogens is 1. The maximum Gasteiger partial charge on any atom is 0.291 e. The highest BCUT2D eigenvalue weighted by atomic mass is 16.5. The smallest absolute Gasteiger partial charge is 0.291 e. The normalized spacial score (nSPS) is 21.9. The van der Waals surface area contributed by atoms with Gasteiger partial charge < -0.3 is 19.0 Å². The Kier molecular flexibility index (Phi) is 4.44. The summed E-state index contributed by atoms with van der Waals surface area (Å²) in [5, 5.41) is 0. The molecule has 0 radical (unpaired) electrons. The number of likely N-dealkylation sites (N-methyl/N-ethyl adjacent to an activating group) is 1. The number of anilines is 1. The third kappa shape index (κ3) is 3.09. The molecule has 1 spiro atoms. The minimum absolute atomic E-state index is 0.0641. The van der Waals surface area contributed by atoms with Crippen molar-refractivity contribution in [1.82, 2.24) is 9.88 Å². The number of rotatable bonds is 3. The van der Waals surface area contributed by atoms with Gasteiger partial charge in [-0.05, 0) is 38.3 Å². The number of carbonyl (C=O) groups excluding carboxylic acids is 1. The lowest BCUT2D eigenvalue weighted by Crippen LogP contribution is -2.47. The van der Waals surface area contributed by atoms with E-state index in [1.54, 1.807) is 6.92 Å². The van der Waals surface area contributed by atoms with Crippen molar-refractivity contribution in [3.63, 3.8) is 0 Å². The van der Waals surface area contributed by atoms with E-state index in [4.69, 9.17) is 9.15 Å². The fourth-order valence-corrected chi connectivity index (χ4v) is 4.06. The van der Waals surface area contributed by atoms with Crippen LogP contribution in [0.4, 0.5) is 5.69 Å². The Hall–Kier alpha value is -2.34. The lowest BCUT2D eigenvalue weighted by atomic mass is 9.87. The van der Waals surface area contributed by atoms with Crippen LogP contribution in [0, 0.1) is 6.92 Å². The fourth-order valence-electron chi connectivity index (χ4n) is 4.06. The largest absolute Gasteiger partial charge is 0.438 e. The van der Waals surface area contributed by atoms with Crippen molar-refractivity contribution in [2.45, 2.75) is 37.8 Å². The molecule has 2 aliphatic heterocycles. The second-order valence-corrected chi connectivity index (χ2v) is 7.36. The number of aryl methyl sites for hydroxylation is 1. The van der Waals surface area contributed by atoms with E-state index in [0.29, 0.717) is 30.6 Å². The molecular formula is C20H25N3O3. The first kappa shape index (κ1) is 17.1. The van der Waals surface area contributed by atoms with Crippen LogP contribution in [0.3, 0.4) is 0 Å². The van der Waals surface area contributed by atoms with Gasteiger partial charge in [0.15, 0.2) is 6.39 Å².